The molecule has 4 nitrogen and oxygen atoms in total. The van der Waals surface area contributed by atoms with Crippen LogP contribution < -0.4 is 5.32 Å². The van der Waals surface area contributed by atoms with E-state index in [-0.39, 0.29) is 25.1 Å². The number of carbonyl (C=O) groups is 1. The molecule has 6 heteroatoms. The van der Waals surface area contributed by atoms with Crippen LogP contribution in [0.5, 0.6) is 0 Å². The predicted molar refractivity (Wildman–Crippen MR) is 74.7 cm³/mol. The number of carbonyl (C=O) groups excluding carboxylic acids is 1. The van der Waals surface area contributed by atoms with Gasteiger partial charge in [0.05, 0.1) is 19.1 Å². The van der Waals surface area contributed by atoms with Gasteiger partial charge in [-0.15, -0.1) is 0 Å². The van der Waals surface area contributed by atoms with Gasteiger partial charge < -0.3 is 15.2 Å². The van der Waals surface area contributed by atoms with Crippen LogP contribution >= 0.6 is 0 Å². The Morgan fingerprint density at radius 1 is 1.33 bits per heavy atom. The number of rotatable bonds is 8. The van der Waals surface area contributed by atoms with Crippen LogP contribution in [0.2, 0.25) is 0 Å². The van der Waals surface area contributed by atoms with Gasteiger partial charge in [0, 0.05) is 18.7 Å². The zero-order chi connectivity index (χ0) is 15.8. The Morgan fingerprint density at radius 3 is 2.71 bits per heavy atom. The molecule has 1 aromatic rings. The van der Waals surface area contributed by atoms with Gasteiger partial charge in [-0.1, -0.05) is 13.8 Å². The third-order valence-corrected chi connectivity index (χ3v) is 2.66. The molecule has 0 spiro atoms. The molecule has 1 aromatic carbocycles. The van der Waals surface area contributed by atoms with Crippen LogP contribution in [0.3, 0.4) is 0 Å². The fourth-order valence-electron chi connectivity index (χ4n) is 1.64. The molecule has 0 aliphatic heterocycles. The van der Waals surface area contributed by atoms with Crippen molar-refractivity contribution in [2.75, 3.05) is 19.8 Å². The summed E-state index contributed by atoms with van der Waals surface area (Å²) < 4.78 is 31.5. The summed E-state index contributed by atoms with van der Waals surface area (Å²) in [6.07, 6.45) is -1.10. The summed E-state index contributed by atoms with van der Waals surface area (Å²) in [5, 5.41) is 12.1. The molecule has 1 rings (SSSR count). The molecular weight excluding hydrogens is 280 g/mol. The lowest BCUT2D eigenvalue weighted by atomic mass is 10.1. The molecule has 21 heavy (non-hydrogen) atoms. The Kier molecular flexibility index (Phi) is 7.25. The SMILES string of the molecule is CC(C)COCC(O)CNC(=O)Cc1cc(F)ccc1F. The molecule has 2 N–H and O–H groups in total. The zero-order valence-electron chi connectivity index (χ0n) is 12.2. The van der Waals surface area contributed by atoms with E-state index in [0.29, 0.717) is 12.5 Å². The van der Waals surface area contributed by atoms with Crippen LogP contribution in [0, 0.1) is 17.6 Å². The van der Waals surface area contributed by atoms with E-state index in [1.807, 2.05) is 13.8 Å². The van der Waals surface area contributed by atoms with Crippen LogP contribution in [0.25, 0.3) is 0 Å². The standard InChI is InChI=1S/C15H21F2NO3/c1-10(2)8-21-9-13(19)7-18-15(20)6-11-5-12(16)3-4-14(11)17/h3-5,10,13,19H,6-9H2,1-2H3,(H,18,20). The zero-order valence-corrected chi connectivity index (χ0v) is 12.2. The van der Waals surface area contributed by atoms with Gasteiger partial charge in [0.15, 0.2) is 0 Å². The third kappa shape index (κ3) is 7.15. The van der Waals surface area contributed by atoms with E-state index in [0.717, 1.165) is 18.2 Å². The Bertz CT molecular complexity index is 466. The molecule has 0 aromatic heterocycles. The maximum absolute atomic E-state index is 13.4. The van der Waals surface area contributed by atoms with Gasteiger partial charge in [0.2, 0.25) is 5.91 Å². The highest BCUT2D eigenvalue weighted by molar-refractivity contribution is 5.78. The molecule has 118 valence electrons. The van der Waals surface area contributed by atoms with Crippen molar-refractivity contribution >= 4 is 5.91 Å². The highest BCUT2D eigenvalue weighted by Crippen LogP contribution is 2.10. The van der Waals surface area contributed by atoms with Crippen molar-refractivity contribution in [3.63, 3.8) is 0 Å². The highest BCUT2D eigenvalue weighted by atomic mass is 19.1. The molecule has 0 radical (unpaired) electrons. The van der Waals surface area contributed by atoms with Gasteiger partial charge in [0.25, 0.3) is 0 Å². The lowest BCUT2D eigenvalue weighted by molar-refractivity contribution is -0.121. The number of amides is 1. The van der Waals surface area contributed by atoms with E-state index in [9.17, 15) is 18.7 Å². The fraction of sp³-hybridized carbons (Fsp3) is 0.533. The molecule has 0 saturated heterocycles. The number of nitrogens with one attached hydrogen (secondary N) is 1. The van der Waals surface area contributed by atoms with Crippen molar-refractivity contribution in [2.45, 2.75) is 26.4 Å². The summed E-state index contributed by atoms with van der Waals surface area (Å²) in [5.74, 6) is -1.35. The predicted octanol–water partition coefficient (Wildman–Crippen LogP) is 1.66. The average molecular weight is 301 g/mol. The molecule has 1 unspecified atom stereocenters. The van der Waals surface area contributed by atoms with Crippen molar-refractivity contribution in [1.29, 1.82) is 0 Å². The first-order chi connectivity index (χ1) is 9.88. The van der Waals surface area contributed by atoms with E-state index in [1.165, 1.54) is 0 Å². The Balaban J connectivity index is 2.32. The Hall–Kier alpha value is -1.53. The van der Waals surface area contributed by atoms with E-state index in [1.54, 1.807) is 0 Å². The van der Waals surface area contributed by atoms with Crippen molar-refractivity contribution < 1.29 is 23.4 Å². The number of aliphatic hydroxyl groups excluding tert-OH is 1. The van der Waals surface area contributed by atoms with E-state index in [2.05, 4.69) is 5.32 Å². The van der Waals surface area contributed by atoms with Gasteiger partial charge >= 0.3 is 0 Å². The number of aliphatic hydroxyl groups is 1. The Morgan fingerprint density at radius 2 is 2.05 bits per heavy atom. The second kappa shape index (κ2) is 8.69. The van der Waals surface area contributed by atoms with Crippen LogP contribution in [0.15, 0.2) is 18.2 Å². The molecule has 1 atom stereocenters. The van der Waals surface area contributed by atoms with Crippen LogP contribution in [-0.2, 0) is 16.0 Å². The van der Waals surface area contributed by atoms with Crippen LogP contribution in [0.1, 0.15) is 19.4 Å². The van der Waals surface area contributed by atoms with E-state index < -0.39 is 23.6 Å². The monoisotopic (exact) mass is 301 g/mol. The lowest BCUT2D eigenvalue weighted by Gasteiger charge is -2.13. The van der Waals surface area contributed by atoms with Gasteiger partial charge in [-0.2, -0.15) is 0 Å². The normalized spacial score (nSPS) is 12.5. The minimum Gasteiger partial charge on any atom is -0.389 e. The highest BCUT2D eigenvalue weighted by Gasteiger charge is 2.11. The van der Waals surface area contributed by atoms with Gasteiger partial charge in [-0.25, -0.2) is 8.78 Å². The number of ether oxygens (including phenoxy) is 1. The molecule has 0 heterocycles. The topological polar surface area (TPSA) is 58.6 Å². The number of hydrogen-bond donors (Lipinski definition) is 2. The summed E-state index contributed by atoms with van der Waals surface area (Å²) >= 11 is 0. The van der Waals surface area contributed by atoms with Crippen molar-refractivity contribution in [1.82, 2.24) is 5.32 Å². The molecule has 0 saturated carbocycles. The molecule has 1 amide bonds. The third-order valence-electron chi connectivity index (χ3n) is 2.66. The van der Waals surface area contributed by atoms with Crippen LogP contribution in [0.4, 0.5) is 8.78 Å². The smallest absolute Gasteiger partial charge is 0.224 e. The van der Waals surface area contributed by atoms with Crippen LogP contribution in [-0.4, -0.2) is 36.9 Å². The molecule has 0 aliphatic rings. The molecule has 0 aliphatic carbocycles. The number of hydrogen-bond acceptors (Lipinski definition) is 3. The first kappa shape index (κ1) is 17.5. The minimum atomic E-state index is -0.829. The van der Waals surface area contributed by atoms with Crippen molar-refractivity contribution in [3.8, 4) is 0 Å². The minimum absolute atomic E-state index is 0.00780. The summed E-state index contributed by atoms with van der Waals surface area (Å²) in [6, 6.07) is 2.95. The number of benzene rings is 1. The first-order valence-corrected chi connectivity index (χ1v) is 6.85. The molecular formula is C15H21F2NO3. The van der Waals surface area contributed by atoms with Crippen molar-refractivity contribution in [2.24, 2.45) is 5.92 Å². The summed E-state index contributed by atoms with van der Waals surface area (Å²) in [7, 11) is 0. The number of halogens is 2. The average Bonchev–Trinajstić information content (AvgIpc) is 2.40. The van der Waals surface area contributed by atoms with Crippen molar-refractivity contribution in [3.05, 3.63) is 35.4 Å². The second-order valence-electron chi connectivity index (χ2n) is 5.30. The van der Waals surface area contributed by atoms with Gasteiger partial charge in [0.1, 0.15) is 11.6 Å². The quantitative estimate of drug-likeness (QED) is 0.768. The van der Waals surface area contributed by atoms with E-state index >= 15 is 0 Å². The first-order valence-electron chi connectivity index (χ1n) is 6.85. The lowest BCUT2D eigenvalue weighted by Crippen LogP contribution is -2.35. The Labute approximate surface area is 123 Å². The van der Waals surface area contributed by atoms with E-state index in [4.69, 9.17) is 4.74 Å². The summed E-state index contributed by atoms with van der Waals surface area (Å²) in [5.41, 5.74) is -0.0157. The molecule has 0 fully saturated rings. The van der Waals surface area contributed by atoms with Gasteiger partial charge in [-0.3, -0.25) is 4.79 Å². The second-order valence-corrected chi connectivity index (χ2v) is 5.30. The van der Waals surface area contributed by atoms with Gasteiger partial charge in [-0.05, 0) is 24.1 Å². The largest absolute Gasteiger partial charge is 0.389 e. The maximum atomic E-state index is 13.4. The maximum Gasteiger partial charge on any atom is 0.224 e. The molecule has 0 bridgehead atoms. The summed E-state index contributed by atoms with van der Waals surface area (Å²) in [6.45, 7) is 4.63. The fourth-order valence-corrected chi connectivity index (χ4v) is 1.64. The summed E-state index contributed by atoms with van der Waals surface area (Å²) in [4.78, 5) is 11.6.